The number of nitro groups is 3. The first kappa shape index (κ1) is 18.4. The maximum absolute atomic E-state index is 13.3. The molecule has 0 aliphatic heterocycles. The van der Waals surface area contributed by atoms with Crippen LogP contribution < -0.4 is 5.32 Å². The van der Waals surface area contributed by atoms with Gasteiger partial charge in [0.15, 0.2) is 0 Å². The summed E-state index contributed by atoms with van der Waals surface area (Å²) in [5, 5.41) is 34.9. The van der Waals surface area contributed by atoms with Crippen molar-refractivity contribution in [3.8, 4) is 0 Å². The molecule has 1 amide bonds. The van der Waals surface area contributed by atoms with Crippen molar-refractivity contribution >= 4 is 28.7 Å². The Kier molecular flexibility index (Phi) is 4.86. The van der Waals surface area contributed by atoms with E-state index in [1.807, 2.05) is 0 Å². The van der Waals surface area contributed by atoms with Gasteiger partial charge in [-0.05, 0) is 19.1 Å². The van der Waals surface area contributed by atoms with Gasteiger partial charge in [-0.3, -0.25) is 35.1 Å². The molecule has 0 aliphatic rings. The Morgan fingerprint density at radius 3 is 2.12 bits per heavy atom. The summed E-state index contributed by atoms with van der Waals surface area (Å²) in [7, 11) is 0. The smallest absolute Gasteiger partial charge is 0.306 e. The lowest BCUT2D eigenvalue weighted by atomic mass is 10.0. The molecule has 0 saturated heterocycles. The maximum Gasteiger partial charge on any atom is 0.306 e. The maximum atomic E-state index is 13.3. The molecule has 0 radical (unpaired) electrons. The number of hydrogen-bond acceptors (Lipinski definition) is 7. The number of benzene rings is 2. The molecule has 0 aliphatic carbocycles. The van der Waals surface area contributed by atoms with Gasteiger partial charge in [0, 0.05) is 23.4 Å². The molecular formula is C14H9FN4O7. The Balaban J connectivity index is 2.47. The summed E-state index contributed by atoms with van der Waals surface area (Å²) in [5.74, 6) is -2.09. The minimum Gasteiger partial charge on any atom is -0.322 e. The van der Waals surface area contributed by atoms with Crippen molar-refractivity contribution in [3.05, 3.63) is 77.6 Å². The highest BCUT2D eigenvalue weighted by Crippen LogP contribution is 2.29. The number of carbonyl (C=O) groups excluding carboxylic acids is 1. The molecule has 0 spiro atoms. The number of rotatable bonds is 5. The third-order valence-electron chi connectivity index (χ3n) is 3.42. The fourth-order valence-corrected chi connectivity index (χ4v) is 2.14. The first-order valence-electron chi connectivity index (χ1n) is 6.80. The molecule has 134 valence electrons. The third-order valence-corrected chi connectivity index (χ3v) is 3.42. The number of hydrogen-bond donors (Lipinski definition) is 1. The molecule has 0 unspecified atom stereocenters. The van der Waals surface area contributed by atoms with E-state index in [4.69, 9.17) is 0 Å². The Bertz CT molecular complexity index is 961. The van der Waals surface area contributed by atoms with Gasteiger partial charge in [0.1, 0.15) is 0 Å². The van der Waals surface area contributed by atoms with E-state index < -0.39 is 43.6 Å². The van der Waals surface area contributed by atoms with Crippen LogP contribution in [0.25, 0.3) is 0 Å². The van der Waals surface area contributed by atoms with E-state index in [-0.39, 0.29) is 16.8 Å². The van der Waals surface area contributed by atoms with E-state index in [9.17, 15) is 39.5 Å². The second kappa shape index (κ2) is 6.88. The van der Waals surface area contributed by atoms with Crippen LogP contribution in [0.15, 0.2) is 30.3 Å². The average Bonchev–Trinajstić information content (AvgIpc) is 2.55. The Hall–Kier alpha value is -3.96. The number of non-ortho nitro benzene ring substituents is 1. The first-order valence-corrected chi connectivity index (χ1v) is 6.80. The monoisotopic (exact) mass is 364 g/mol. The zero-order chi connectivity index (χ0) is 19.6. The summed E-state index contributed by atoms with van der Waals surface area (Å²) >= 11 is 0. The highest BCUT2D eigenvalue weighted by Gasteiger charge is 2.25. The minimum absolute atomic E-state index is 0.130. The second-order valence-corrected chi connectivity index (χ2v) is 5.03. The third kappa shape index (κ3) is 3.58. The van der Waals surface area contributed by atoms with Crippen LogP contribution in [0.4, 0.5) is 27.1 Å². The van der Waals surface area contributed by atoms with Gasteiger partial charge < -0.3 is 5.32 Å². The number of halogens is 1. The van der Waals surface area contributed by atoms with Gasteiger partial charge in [-0.2, -0.15) is 4.39 Å². The molecular weight excluding hydrogens is 355 g/mol. The number of anilines is 1. The Labute approximate surface area is 143 Å². The molecule has 12 heteroatoms. The average molecular weight is 364 g/mol. The van der Waals surface area contributed by atoms with Crippen molar-refractivity contribution in [2.24, 2.45) is 0 Å². The molecule has 2 aromatic carbocycles. The fourth-order valence-electron chi connectivity index (χ4n) is 2.14. The number of amides is 1. The molecule has 2 aromatic rings. The second-order valence-electron chi connectivity index (χ2n) is 5.03. The van der Waals surface area contributed by atoms with E-state index in [0.29, 0.717) is 0 Å². The highest BCUT2D eigenvalue weighted by molar-refractivity contribution is 6.06. The van der Waals surface area contributed by atoms with Crippen LogP contribution in [0.2, 0.25) is 0 Å². The number of nitrogens with zero attached hydrogens (tertiary/aromatic N) is 3. The summed E-state index contributed by atoms with van der Waals surface area (Å²) in [5.41, 5.74) is -2.83. The lowest BCUT2D eigenvalue weighted by Gasteiger charge is -2.08. The molecule has 0 atom stereocenters. The summed E-state index contributed by atoms with van der Waals surface area (Å²) in [6, 6.07) is 4.12. The molecule has 2 rings (SSSR count). The van der Waals surface area contributed by atoms with Crippen molar-refractivity contribution in [3.63, 3.8) is 0 Å². The lowest BCUT2D eigenvalue weighted by Crippen LogP contribution is -2.15. The molecule has 0 bridgehead atoms. The fraction of sp³-hybridized carbons (Fsp3) is 0.0714. The quantitative estimate of drug-likeness (QED) is 0.630. The van der Waals surface area contributed by atoms with Crippen LogP contribution in [0.3, 0.4) is 0 Å². The van der Waals surface area contributed by atoms with Gasteiger partial charge in [-0.1, -0.05) is 0 Å². The summed E-state index contributed by atoms with van der Waals surface area (Å²) < 4.78 is 13.3. The van der Waals surface area contributed by atoms with Crippen LogP contribution in [0, 0.1) is 43.1 Å². The number of nitrogens with one attached hydrogen (secondary N) is 1. The SMILES string of the molecule is Cc1c(C(=O)Nc2ccc(F)c([N+](=O)[O-])c2)cc([N+](=O)[O-])cc1[N+](=O)[O-]. The number of nitro benzene ring substituents is 3. The predicted molar refractivity (Wildman–Crippen MR) is 85.5 cm³/mol. The van der Waals surface area contributed by atoms with Crippen LogP contribution in [0.5, 0.6) is 0 Å². The van der Waals surface area contributed by atoms with Crippen LogP contribution in [-0.4, -0.2) is 20.7 Å². The molecule has 0 fully saturated rings. The summed E-state index contributed by atoms with van der Waals surface area (Å²) in [6.07, 6.45) is 0. The molecule has 26 heavy (non-hydrogen) atoms. The van der Waals surface area contributed by atoms with Gasteiger partial charge in [0.05, 0.1) is 26.4 Å². The molecule has 0 aromatic heterocycles. The van der Waals surface area contributed by atoms with Gasteiger partial charge in [0.25, 0.3) is 17.3 Å². The van der Waals surface area contributed by atoms with E-state index in [2.05, 4.69) is 5.32 Å². The van der Waals surface area contributed by atoms with Gasteiger partial charge in [-0.25, -0.2) is 0 Å². The van der Waals surface area contributed by atoms with Crippen molar-refractivity contribution in [2.45, 2.75) is 6.92 Å². The molecule has 11 nitrogen and oxygen atoms in total. The van der Waals surface area contributed by atoms with E-state index >= 15 is 0 Å². The largest absolute Gasteiger partial charge is 0.322 e. The highest BCUT2D eigenvalue weighted by atomic mass is 19.1. The molecule has 0 heterocycles. The topological polar surface area (TPSA) is 159 Å². The van der Waals surface area contributed by atoms with E-state index in [1.165, 1.54) is 6.92 Å². The van der Waals surface area contributed by atoms with Crippen molar-refractivity contribution in [2.75, 3.05) is 5.32 Å². The zero-order valence-corrected chi connectivity index (χ0v) is 13.0. The Morgan fingerprint density at radius 1 is 0.962 bits per heavy atom. The van der Waals surface area contributed by atoms with Crippen molar-refractivity contribution < 1.29 is 24.0 Å². The summed E-state index contributed by atoms with van der Waals surface area (Å²) in [6.45, 7) is 1.23. The first-order chi connectivity index (χ1) is 12.1. The van der Waals surface area contributed by atoms with Crippen molar-refractivity contribution in [1.82, 2.24) is 0 Å². The predicted octanol–water partition coefficient (Wildman–Crippen LogP) is 3.11. The van der Waals surface area contributed by atoms with Gasteiger partial charge >= 0.3 is 5.69 Å². The standard InChI is InChI=1S/C14H9FN4O7/c1-7-10(5-9(17(21)22)6-12(7)18(23)24)14(20)16-8-2-3-11(15)13(4-8)19(25)26/h2-6H,1H3,(H,16,20). The lowest BCUT2D eigenvalue weighted by molar-refractivity contribution is -0.394. The normalized spacial score (nSPS) is 10.2. The van der Waals surface area contributed by atoms with Crippen LogP contribution >= 0.6 is 0 Å². The summed E-state index contributed by atoms with van der Waals surface area (Å²) in [4.78, 5) is 42.2. The van der Waals surface area contributed by atoms with E-state index in [0.717, 1.165) is 30.3 Å². The molecule has 0 saturated carbocycles. The zero-order valence-electron chi connectivity index (χ0n) is 13.0. The van der Waals surface area contributed by atoms with Crippen LogP contribution in [0.1, 0.15) is 15.9 Å². The van der Waals surface area contributed by atoms with Crippen molar-refractivity contribution in [1.29, 1.82) is 0 Å². The molecule has 1 N–H and O–H groups in total. The minimum atomic E-state index is -1.12. The van der Waals surface area contributed by atoms with Crippen LogP contribution in [-0.2, 0) is 0 Å². The number of carbonyl (C=O) groups is 1. The Morgan fingerprint density at radius 2 is 1.58 bits per heavy atom. The van der Waals surface area contributed by atoms with Gasteiger partial charge in [0.2, 0.25) is 5.82 Å². The van der Waals surface area contributed by atoms with E-state index in [1.54, 1.807) is 0 Å². The van der Waals surface area contributed by atoms with Gasteiger partial charge in [-0.15, -0.1) is 0 Å².